The minimum atomic E-state index is -0.612. The fraction of sp³-hybridized carbons (Fsp3) is 0.273. The van der Waals surface area contributed by atoms with Gasteiger partial charge in [0.25, 0.3) is 0 Å². The van der Waals surface area contributed by atoms with Crippen molar-refractivity contribution in [3.05, 3.63) is 46.0 Å². The van der Waals surface area contributed by atoms with Crippen LogP contribution in [0.25, 0.3) is 0 Å². The highest BCUT2D eigenvalue weighted by atomic mass is 79.9. The Hall–Kier alpha value is -1.24. The van der Waals surface area contributed by atoms with E-state index in [9.17, 15) is 0 Å². The van der Waals surface area contributed by atoms with Gasteiger partial charge in [-0.1, -0.05) is 33.2 Å². The summed E-state index contributed by atoms with van der Waals surface area (Å²) in [6.07, 6.45) is 0.571. The van der Waals surface area contributed by atoms with Crippen LogP contribution in [-0.2, 0) is 6.42 Å². The number of aliphatic hydroxyl groups excluding tert-OH is 1. The summed E-state index contributed by atoms with van der Waals surface area (Å²) in [6.45, 7) is -0.210. The summed E-state index contributed by atoms with van der Waals surface area (Å²) >= 11 is 3.40. The number of hydrogen-bond donors (Lipinski definition) is 2. The number of halogens is 1. The zero-order valence-corrected chi connectivity index (χ0v) is 10.6. The molecule has 0 amide bonds. The molecule has 0 bridgehead atoms. The van der Waals surface area contributed by atoms with Gasteiger partial charge in [-0.05, 0) is 17.7 Å². The second-order valence-corrected chi connectivity index (χ2v) is 4.56. The van der Waals surface area contributed by atoms with Gasteiger partial charge in [0.1, 0.15) is 6.04 Å². The Morgan fingerprint density at radius 1 is 1.47 bits per heavy atom. The molecule has 6 heteroatoms. The molecule has 0 saturated heterocycles. The lowest BCUT2D eigenvalue weighted by Gasteiger charge is -1.99. The van der Waals surface area contributed by atoms with Crippen molar-refractivity contribution in [3.63, 3.8) is 0 Å². The van der Waals surface area contributed by atoms with Crippen molar-refractivity contribution in [3.8, 4) is 0 Å². The van der Waals surface area contributed by atoms with Crippen LogP contribution in [-0.4, -0.2) is 21.9 Å². The molecular weight excluding hydrogens is 286 g/mol. The van der Waals surface area contributed by atoms with E-state index in [4.69, 9.17) is 15.4 Å². The molecule has 0 spiro atoms. The van der Waals surface area contributed by atoms with E-state index < -0.39 is 6.04 Å². The molecule has 1 heterocycles. The fourth-order valence-electron chi connectivity index (χ4n) is 1.40. The van der Waals surface area contributed by atoms with Crippen molar-refractivity contribution in [2.24, 2.45) is 5.73 Å². The zero-order chi connectivity index (χ0) is 12.3. The van der Waals surface area contributed by atoms with Crippen LogP contribution in [0, 0.1) is 0 Å². The number of nitrogens with zero attached hydrogens (tertiary/aromatic N) is 2. The number of aliphatic hydroxyl groups is 1. The highest BCUT2D eigenvalue weighted by Crippen LogP contribution is 2.15. The van der Waals surface area contributed by atoms with Crippen LogP contribution in [0.5, 0.6) is 0 Å². The summed E-state index contributed by atoms with van der Waals surface area (Å²) in [5, 5.41) is 12.7. The van der Waals surface area contributed by atoms with E-state index in [1.165, 1.54) is 0 Å². The van der Waals surface area contributed by atoms with E-state index in [1.54, 1.807) is 0 Å². The lowest BCUT2D eigenvalue weighted by atomic mass is 10.1. The van der Waals surface area contributed by atoms with Gasteiger partial charge < -0.3 is 15.4 Å². The second kappa shape index (κ2) is 5.39. The van der Waals surface area contributed by atoms with E-state index >= 15 is 0 Å². The number of rotatable bonds is 4. The number of aromatic nitrogens is 2. The molecule has 2 aromatic rings. The molecule has 0 radical (unpaired) electrons. The number of nitrogens with two attached hydrogens (primary N) is 1. The van der Waals surface area contributed by atoms with Gasteiger partial charge in [-0.25, -0.2) is 0 Å². The Morgan fingerprint density at radius 3 is 3.00 bits per heavy atom. The predicted octanol–water partition coefficient (Wildman–Crippen LogP) is 1.42. The maximum Gasteiger partial charge on any atom is 0.245 e. The van der Waals surface area contributed by atoms with Crippen molar-refractivity contribution in [1.82, 2.24) is 10.1 Å². The molecular formula is C11H12BrN3O2. The molecule has 0 fully saturated rings. The SMILES string of the molecule is N[C@H](CO)c1nc(Cc2cccc(Br)c2)no1. The third-order valence-electron chi connectivity index (χ3n) is 2.25. The largest absolute Gasteiger partial charge is 0.394 e. The quantitative estimate of drug-likeness (QED) is 0.891. The molecule has 0 aliphatic heterocycles. The highest BCUT2D eigenvalue weighted by molar-refractivity contribution is 9.10. The Kier molecular flexibility index (Phi) is 3.88. The first-order valence-electron chi connectivity index (χ1n) is 5.12. The fourth-order valence-corrected chi connectivity index (χ4v) is 1.84. The molecule has 1 atom stereocenters. The molecule has 1 aromatic heterocycles. The van der Waals surface area contributed by atoms with Crippen molar-refractivity contribution in [1.29, 1.82) is 0 Å². The smallest absolute Gasteiger partial charge is 0.245 e. The minimum Gasteiger partial charge on any atom is -0.394 e. The van der Waals surface area contributed by atoms with Gasteiger partial charge in [0.15, 0.2) is 5.82 Å². The van der Waals surface area contributed by atoms with Gasteiger partial charge in [-0.2, -0.15) is 4.98 Å². The van der Waals surface area contributed by atoms with Crippen LogP contribution >= 0.6 is 15.9 Å². The molecule has 0 aliphatic rings. The Balaban J connectivity index is 2.11. The summed E-state index contributed by atoms with van der Waals surface area (Å²) < 4.78 is 5.97. The Labute approximate surface area is 107 Å². The maximum absolute atomic E-state index is 8.86. The third-order valence-corrected chi connectivity index (χ3v) is 2.74. The van der Waals surface area contributed by atoms with Crippen LogP contribution in [0.2, 0.25) is 0 Å². The zero-order valence-electron chi connectivity index (χ0n) is 9.01. The lowest BCUT2D eigenvalue weighted by Crippen LogP contribution is -2.14. The van der Waals surface area contributed by atoms with Crippen LogP contribution in [0.1, 0.15) is 23.3 Å². The number of benzene rings is 1. The molecule has 3 N–H and O–H groups in total. The van der Waals surface area contributed by atoms with Crippen LogP contribution in [0.3, 0.4) is 0 Å². The Morgan fingerprint density at radius 2 is 2.29 bits per heavy atom. The predicted molar refractivity (Wildman–Crippen MR) is 65.3 cm³/mol. The monoisotopic (exact) mass is 297 g/mol. The van der Waals surface area contributed by atoms with Crippen molar-refractivity contribution >= 4 is 15.9 Å². The number of hydrogen-bond acceptors (Lipinski definition) is 5. The molecule has 90 valence electrons. The average Bonchev–Trinajstić information content (AvgIpc) is 2.76. The minimum absolute atomic E-state index is 0.210. The Bertz CT molecular complexity index is 501. The molecule has 0 saturated carbocycles. The molecule has 17 heavy (non-hydrogen) atoms. The summed E-state index contributed by atoms with van der Waals surface area (Å²) in [4.78, 5) is 4.13. The van der Waals surface area contributed by atoms with Gasteiger partial charge in [0.05, 0.1) is 6.61 Å². The van der Waals surface area contributed by atoms with Crippen LogP contribution in [0.4, 0.5) is 0 Å². The topological polar surface area (TPSA) is 85.2 Å². The highest BCUT2D eigenvalue weighted by Gasteiger charge is 2.13. The average molecular weight is 298 g/mol. The molecule has 2 rings (SSSR count). The van der Waals surface area contributed by atoms with E-state index in [2.05, 4.69) is 26.1 Å². The second-order valence-electron chi connectivity index (χ2n) is 3.64. The summed E-state index contributed by atoms with van der Waals surface area (Å²) in [7, 11) is 0. The summed E-state index contributed by atoms with van der Waals surface area (Å²) in [5.41, 5.74) is 6.64. The van der Waals surface area contributed by atoms with E-state index in [0.717, 1.165) is 10.0 Å². The molecule has 0 unspecified atom stereocenters. The van der Waals surface area contributed by atoms with E-state index in [-0.39, 0.29) is 12.5 Å². The van der Waals surface area contributed by atoms with E-state index in [0.29, 0.717) is 12.2 Å². The van der Waals surface area contributed by atoms with Crippen molar-refractivity contribution in [2.45, 2.75) is 12.5 Å². The van der Waals surface area contributed by atoms with Gasteiger partial charge in [0, 0.05) is 10.9 Å². The first-order chi connectivity index (χ1) is 8.19. The maximum atomic E-state index is 8.86. The van der Waals surface area contributed by atoms with Crippen molar-refractivity contribution < 1.29 is 9.63 Å². The van der Waals surface area contributed by atoms with Gasteiger partial charge in [-0.3, -0.25) is 0 Å². The first-order valence-corrected chi connectivity index (χ1v) is 5.91. The van der Waals surface area contributed by atoms with Gasteiger partial charge >= 0.3 is 0 Å². The summed E-state index contributed by atoms with van der Waals surface area (Å²) in [5.74, 6) is 0.819. The van der Waals surface area contributed by atoms with Crippen LogP contribution < -0.4 is 5.73 Å². The van der Waals surface area contributed by atoms with Crippen molar-refractivity contribution in [2.75, 3.05) is 6.61 Å². The standard InChI is InChI=1S/C11H12BrN3O2/c12-8-3-1-2-7(4-8)5-10-14-11(17-15-10)9(13)6-16/h1-4,9,16H,5-6,13H2/t9-/m1/s1. The molecule has 5 nitrogen and oxygen atoms in total. The van der Waals surface area contributed by atoms with Crippen LogP contribution in [0.15, 0.2) is 33.3 Å². The third kappa shape index (κ3) is 3.12. The molecule has 1 aromatic carbocycles. The van der Waals surface area contributed by atoms with E-state index in [1.807, 2.05) is 24.3 Å². The van der Waals surface area contributed by atoms with Gasteiger partial charge in [0.2, 0.25) is 5.89 Å². The normalized spacial score (nSPS) is 12.6. The first kappa shape index (κ1) is 12.2. The molecule has 0 aliphatic carbocycles. The lowest BCUT2D eigenvalue weighted by molar-refractivity contribution is 0.236. The summed E-state index contributed by atoms with van der Waals surface area (Å²) in [6, 6.07) is 7.25. The van der Waals surface area contributed by atoms with Gasteiger partial charge in [-0.15, -0.1) is 0 Å².